The first-order valence-electron chi connectivity index (χ1n) is 10.8. The van der Waals surface area contributed by atoms with Crippen molar-refractivity contribution in [3.63, 3.8) is 0 Å². The standard InChI is InChI=1S/C25H23F3N2O4S/c1-35(32,33)20-11-9-19(10-12-20)30-24(31)16-6-13-21(17(14-16)15-29-18-7-8-18)22-4-2-3-5-23(22)34-25(26,27)28/h2-6,9-14,18,29H,7-8,15H2,1H3,(H,30,31). The molecule has 1 fully saturated rings. The minimum atomic E-state index is -4.84. The molecule has 1 amide bonds. The van der Waals surface area contributed by atoms with Gasteiger partial charge in [-0.1, -0.05) is 24.3 Å². The molecule has 0 radical (unpaired) electrons. The average molecular weight is 505 g/mol. The number of rotatable bonds is 8. The summed E-state index contributed by atoms with van der Waals surface area (Å²) < 4.78 is 66.3. The van der Waals surface area contributed by atoms with Crippen LogP contribution in [0.5, 0.6) is 5.75 Å². The summed E-state index contributed by atoms with van der Waals surface area (Å²) in [6.07, 6.45) is -1.70. The maximum Gasteiger partial charge on any atom is 0.573 e. The van der Waals surface area contributed by atoms with Gasteiger partial charge in [-0.3, -0.25) is 4.79 Å². The van der Waals surface area contributed by atoms with Crippen LogP contribution in [0.3, 0.4) is 0 Å². The van der Waals surface area contributed by atoms with Crippen LogP contribution in [0.1, 0.15) is 28.8 Å². The Kier molecular flexibility index (Phi) is 6.86. The lowest BCUT2D eigenvalue weighted by atomic mass is 9.96. The number of halogens is 3. The normalized spacial score (nSPS) is 13.9. The minimum Gasteiger partial charge on any atom is -0.405 e. The molecule has 0 unspecified atom stereocenters. The first-order chi connectivity index (χ1) is 16.5. The Morgan fingerprint density at radius 3 is 2.31 bits per heavy atom. The number of para-hydroxylation sites is 1. The quantitative estimate of drug-likeness (QED) is 0.443. The molecule has 0 aromatic heterocycles. The summed E-state index contributed by atoms with van der Waals surface area (Å²) in [6, 6.07) is 16.8. The summed E-state index contributed by atoms with van der Waals surface area (Å²) >= 11 is 0. The molecule has 0 heterocycles. The number of anilines is 1. The van der Waals surface area contributed by atoms with Crippen molar-refractivity contribution in [2.75, 3.05) is 11.6 Å². The number of ether oxygens (including phenoxy) is 1. The molecule has 1 aliphatic carbocycles. The van der Waals surface area contributed by atoms with Crippen LogP contribution in [-0.2, 0) is 16.4 Å². The third-order valence-electron chi connectivity index (χ3n) is 5.47. The second-order valence-electron chi connectivity index (χ2n) is 8.32. The van der Waals surface area contributed by atoms with Crippen LogP contribution in [0, 0.1) is 0 Å². The lowest BCUT2D eigenvalue weighted by molar-refractivity contribution is -0.274. The number of carbonyl (C=O) groups excluding carboxylic acids is 1. The van der Waals surface area contributed by atoms with Gasteiger partial charge in [-0.05, 0) is 66.4 Å². The number of hydrogen-bond acceptors (Lipinski definition) is 5. The third kappa shape index (κ3) is 6.61. The summed E-state index contributed by atoms with van der Waals surface area (Å²) in [4.78, 5) is 13.0. The van der Waals surface area contributed by atoms with Gasteiger partial charge in [0.15, 0.2) is 9.84 Å². The van der Waals surface area contributed by atoms with Crippen LogP contribution in [-0.4, -0.2) is 33.0 Å². The summed E-state index contributed by atoms with van der Waals surface area (Å²) in [7, 11) is -3.36. The van der Waals surface area contributed by atoms with Gasteiger partial charge >= 0.3 is 6.36 Å². The number of benzene rings is 3. The van der Waals surface area contributed by atoms with Crippen molar-refractivity contribution in [2.24, 2.45) is 0 Å². The van der Waals surface area contributed by atoms with Crippen LogP contribution in [0.25, 0.3) is 11.1 Å². The molecule has 6 nitrogen and oxygen atoms in total. The highest BCUT2D eigenvalue weighted by Gasteiger charge is 2.32. The topological polar surface area (TPSA) is 84.5 Å². The Balaban J connectivity index is 1.63. The van der Waals surface area contributed by atoms with E-state index in [2.05, 4.69) is 15.4 Å². The van der Waals surface area contributed by atoms with Gasteiger partial charge in [0.1, 0.15) is 5.75 Å². The fraction of sp³-hybridized carbons (Fsp3) is 0.240. The molecule has 4 rings (SSSR count). The number of amides is 1. The monoisotopic (exact) mass is 504 g/mol. The van der Waals surface area contributed by atoms with Crippen molar-refractivity contribution in [2.45, 2.75) is 36.7 Å². The van der Waals surface area contributed by atoms with E-state index in [4.69, 9.17) is 0 Å². The highest BCUT2D eigenvalue weighted by Crippen LogP contribution is 2.36. The highest BCUT2D eigenvalue weighted by molar-refractivity contribution is 7.90. The minimum absolute atomic E-state index is 0.132. The van der Waals surface area contributed by atoms with E-state index in [-0.39, 0.29) is 16.2 Å². The fourth-order valence-corrected chi connectivity index (χ4v) is 4.21. The Labute approximate surface area is 201 Å². The molecule has 10 heteroatoms. The van der Waals surface area contributed by atoms with E-state index >= 15 is 0 Å². The Hall–Kier alpha value is -3.37. The van der Waals surface area contributed by atoms with Gasteiger partial charge in [0.25, 0.3) is 5.91 Å². The lowest BCUT2D eigenvalue weighted by Crippen LogP contribution is -2.19. The van der Waals surface area contributed by atoms with Gasteiger partial charge < -0.3 is 15.4 Å². The van der Waals surface area contributed by atoms with E-state index in [0.717, 1.165) is 19.1 Å². The van der Waals surface area contributed by atoms with Gasteiger partial charge in [-0.25, -0.2) is 8.42 Å². The van der Waals surface area contributed by atoms with Crippen molar-refractivity contribution in [3.05, 3.63) is 77.9 Å². The van der Waals surface area contributed by atoms with E-state index in [9.17, 15) is 26.4 Å². The molecule has 3 aromatic carbocycles. The van der Waals surface area contributed by atoms with Crippen molar-refractivity contribution >= 4 is 21.4 Å². The summed E-state index contributed by atoms with van der Waals surface area (Å²) in [6.45, 7) is 0.366. The van der Waals surface area contributed by atoms with Crippen molar-refractivity contribution < 1.29 is 31.1 Å². The number of carbonyl (C=O) groups is 1. The molecule has 0 atom stereocenters. The van der Waals surface area contributed by atoms with Gasteiger partial charge in [0.2, 0.25) is 0 Å². The molecule has 35 heavy (non-hydrogen) atoms. The Morgan fingerprint density at radius 2 is 1.69 bits per heavy atom. The van der Waals surface area contributed by atoms with E-state index < -0.39 is 22.1 Å². The summed E-state index contributed by atoms with van der Waals surface area (Å²) in [5.41, 5.74) is 2.15. The van der Waals surface area contributed by atoms with Gasteiger partial charge in [0, 0.05) is 35.7 Å². The third-order valence-corrected chi connectivity index (χ3v) is 6.60. The number of hydrogen-bond donors (Lipinski definition) is 2. The van der Waals surface area contributed by atoms with Crippen molar-refractivity contribution in [1.82, 2.24) is 5.32 Å². The van der Waals surface area contributed by atoms with Crippen LogP contribution >= 0.6 is 0 Å². The summed E-state index contributed by atoms with van der Waals surface area (Å²) in [5.74, 6) is -0.757. The summed E-state index contributed by atoms with van der Waals surface area (Å²) in [5, 5.41) is 6.05. The van der Waals surface area contributed by atoms with Crippen LogP contribution < -0.4 is 15.4 Å². The largest absolute Gasteiger partial charge is 0.573 e. The average Bonchev–Trinajstić information content (AvgIpc) is 3.61. The maximum absolute atomic E-state index is 12.9. The molecular weight excluding hydrogens is 481 g/mol. The van der Waals surface area contributed by atoms with E-state index in [1.165, 1.54) is 42.5 Å². The van der Waals surface area contributed by atoms with Gasteiger partial charge in [-0.2, -0.15) is 0 Å². The maximum atomic E-state index is 12.9. The van der Waals surface area contributed by atoms with Crippen molar-refractivity contribution in [1.29, 1.82) is 0 Å². The Morgan fingerprint density at radius 1 is 1.00 bits per heavy atom. The molecule has 0 aliphatic heterocycles. The molecule has 0 spiro atoms. The zero-order chi connectivity index (χ0) is 25.2. The van der Waals surface area contributed by atoms with Gasteiger partial charge in [0.05, 0.1) is 4.90 Å². The van der Waals surface area contributed by atoms with Crippen LogP contribution in [0.15, 0.2) is 71.6 Å². The SMILES string of the molecule is CS(=O)(=O)c1ccc(NC(=O)c2ccc(-c3ccccc3OC(F)(F)F)c(CNC3CC3)c2)cc1. The van der Waals surface area contributed by atoms with Crippen LogP contribution in [0.4, 0.5) is 18.9 Å². The van der Waals surface area contributed by atoms with Gasteiger partial charge in [-0.15, -0.1) is 13.2 Å². The smallest absolute Gasteiger partial charge is 0.405 e. The molecule has 1 saturated carbocycles. The van der Waals surface area contributed by atoms with E-state index in [1.807, 2.05) is 0 Å². The predicted molar refractivity (Wildman–Crippen MR) is 126 cm³/mol. The lowest BCUT2D eigenvalue weighted by Gasteiger charge is -2.17. The molecule has 184 valence electrons. The Bertz CT molecular complexity index is 1340. The van der Waals surface area contributed by atoms with Crippen LogP contribution in [0.2, 0.25) is 0 Å². The number of sulfone groups is 1. The highest BCUT2D eigenvalue weighted by atomic mass is 32.2. The van der Waals surface area contributed by atoms with E-state index in [0.29, 0.717) is 35.0 Å². The fourth-order valence-electron chi connectivity index (χ4n) is 3.58. The zero-order valence-corrected chi connectivity index (χ0v) is 19.5. The zero-order valence-electron chi connectivity index (χ0n) is 18.7. The molecule has 0 saturated heterocycles. The predicted octanol–water partition coefficient (Wildman–Crippen LogP) is 5.16. The molecule has 2 N–H and O–H groups in total. The van der Waals surface area contributed by atoms with E-state index in [1.54, 1.807) is 24.3 Å². The molecule has 0 bridgehead atoms. The number of nitrogens with one attached hydrogen (secondary N) is 2. The first-order valence-corrected chi connectivity index (χ1v) is 12.7. The second kappa shape index (κ2) is 9.71. The molecule has 1 aliphatic rings. The molecular formula is C25H23F3N2O4S. The molecule has 3 aromatic rings. The number of alkyl halides is 3. The second-order valence-corrected chi connectivity index (χ2v) is 10.3. The van der Waals surface area contributed by atoms with Crippen molar-refractivity contribution in [3.8, 4) is 16.9 Å². The first kappa shape index (κ1) is 24.7.